The van der Waals surface area contributed by atoms with E-state index < -0.39 is 0 Å². The molecule has 1 atom stereocenters. The van der Waals surface area contributed by atoms with Gasteiger partial charge in [0, 0.05) is 25.7 Å². The molecule has 0 fully saturated rings. The molecule has 0 saturated heterocycles. The Morgan fingerprint density at radius 3 is 2.00 bits per heavy atom. The first-order valence-electron chi connectivity index (χ1n) is 6.34. The molecule has 0 aromatic rings. The van der Waals surface area contributed by atoms with Crippen LogP contribution in [0.3, 0.4) is 0 Å². The van der Waals surface area contributed by atoms with Gasteiger partial charge in [-0.25, -0.2) is 0 Å². The van der Waals surface area contributed by atoms with Crippen LogP contribution in [0.4, 0.5) is 0 Å². The van der Waals surface area contributed by atoms with Crippen LogP contribution in [0.15, 0.2) is 0 Å². The summed E-state index contributed by atoms with van der Waals surface area (Å²) in [5.41, 5.74) is 0.322. The Morgan fingerprint density at radius 1 is 1.06 bits per heavy atom. The summed E-state index contributed by atoms with van der Waals surface area (Å²) in [5.74, 6) is 0. The van der Waals surface area contributed by atoms with Crippen LogP contribution in [0.2, 0.25) is 0 Å². The standard InChI is InChI=1S/C13H31N3/c1-8-14-12(13(2,3)4)11-16(7)10-9-15(5)6/h12,14H,8-11H2,1-7H3. The molecule has 0 aromatic heterocycles. The van der Waals surface area contributed by atoms with Crippen molar-refractivity contribution < 1.29 is 0 Å². The zero-order valence-corrected chi connectivity index (χ0v) is 12.3. The minimum Gasteiger partial charge on any atom is -0.312 e. The van der Waals surface area contributed by atoms with Crippen molar-refractivity contribution in [3.05, 3.63) is 0 Å². The van der Waals surface area contributed by atoms with E-state index in [1.54, 1.807) is 0 Å². The van der Waals surface area contributed by atoms with E-state index in [2.05, 4.69) is 64.0 Å². The second-order valence-corrected chi connectivity index (χ2v) is 6.04. The van der Waals surface area contributed by atoms with E-state index >= 15 is 0 Å². The Morgan fingerprint density at radius 2 is 1.62 bits per heavy atom. The topological polar surface area (TPSA) is 18.5 Å². The van der Waals surface area contributed by atoms with Gasteiger partial charge in [-0.05, 0) is 33.1 Å². The fraction of sp³-hybridized carbons (Fsp3) is 1.00. The van der Waals surface area contributed by atoms with Crippen LogP contribution >= 0.6 is 0 Å². The van der Waals surface area contributed by atoms with Crippen molar-refractivity contribution in [3.8, 4) is 0 Å². The summed E-state index contributed by atoms with van der Waals surface area (Å²) in [5, 5.41) is 3.59. The van der Waals surface area contributed by atoms with Gasteiger partial charge in [0.1, 0.15) is 0 Å². The van der Waals surface area contributed by atoms with Crippen molar-refractivity contribution in [2.45, 2.75) is 33.7 Å². The van der Waals surface area contributed by atoms with Crippen LogP contribution in [0.1, 0.15) is 27.7 Å². The molecule has 1 N–H and O–H groups in total. The minimum absolute atomic E-state index is 0.322. The highest BCUT2D eigenvalue weighted by molar-refractivity contribution is 4.82. The van der Waals surface area contributed by atoms with Gasteiger partial charge in [0.2, 0.25) is 0 Å². The van der Waals surface area contributed by atoms with Gasteiger partial charge in [0.15, 0.2) is 0 Å². The molecule has 0 aliphatic carbocycles. The van der Waals surface area contributed by atoms with E-state index in [0.717, 1.165) is 26.2 Å². The first-order valence-corrected chi connectivity index (χ1v) is 6.34. The Hall–Kier alpha value is -0.120. The predicted octanol–water partition coefficient (Wildman–Crippen LogP) is 1.50. The summed E-state index contributed by atoms with van der Waals surface area (Å²) in [7, 11) is 6.46. The molecule has 98 valence electrons. The number of nitrogens with zero attached hydrogens (tertiary/aromatic N) is 2. The number of likely N-dealkylation sites (N-methyl/N-ethyl adjacent to an activating group) is 3. The molecule has 0 heterocycles. The normalized spacial score (nSPS) is 14.8. The van der Waals surface area contributed by atoms with E-state index in [9.17, 15) is 0 Å². The summed E-state index contributed by atoms with van der Waals surface area (Å²) in [6.07, 6.45) is 0. The number of nitrogens with one attached hydrogen (secondary N) is 1. The van der Waals surface area contributed by atoms with Crippen LogP contribution in [0.25, 0.3) is 0 Å². The number of hydrogen-bond donors (Lipinski definition) is 1. The Kier molecular flexibility index (Phi) is 7.20. The van der Waals surface area contributed by atoms with E-state index in [4.69, 9.17) is 0 Å². The fourth-order valence-corrected chi connectivity index (χ4v) is 1.66. The van der Waals surface area contributed by atoms with Crippen molar-refractivity contribution in [2.75, 3.05) is 47.3 Å². The summed E-state index contributed by atoms with van der Waals surface area (Å²) >= 11 is 0. The third kappa shape index (κ3) is 7.20. The van der Waals surface area contributed by atoms with Gasteiger partial charge in [-0.15, -0.1) is 0 Å². The molecule has 0 radical (unpaired) electrons. The van der Waals surface area contributed by atoms with Crippen molar-refractivity contribution in [1.82, 2.24) is 15.1 Å². The monoisotopic (exact) mass is 229 g/mol. The summed E-state index contributed by atoms with van der Waals surface area (Å²) in [4.78, 5) is 4.65. The molecule has 0 aromatic carbocycles. The smallest absolute Gasteiger partial charge is 0.0243 e. The quantitative estimate of drug-likeness (QED) is 0.714. The van der Waals surface area contributed by atoms with E-state index in [0.29, 0.717) is 11.5 Å². The molecule has 0 amide bonds. The number of hydrogen-bond acceptors (Lipinski definition) is 3. The molecular formula is C13H31N3. The van der Waals surface area contributed by atoms with Crippen molar-refractivity contribution in [2.24, 2.45) is 5.41 Å². The van der Waals surface area contributed by atoms with Gasteiger partial charge >= 0.3 is 0 Å². The highest BCUT2D eigenvalue weighted by Crippen LogP contribution is 2.19. The zero-order valence-electron chi connectivity index (χ0n) is 12.3. The lowest BCUT2D eigenvalue weighted by Crippen LogP contribution is -2.48. The molecule has 0 spiro atoms. The molecule has 3 heteroatoms. The Labute approximate surface area is 102 Å². The highest BCUT2D eigenvalue weighted by Gasteiger charge is 2.24. The maximum Gasteiger partial charge on any atom is 0.0243 e. The van der Waals surface area contributed by atoms with Crippen molar-refractivity contribution >= 4 is 0 Å². The van der Waals surface area contributed by atoms with Gasteiger partial charge < -0.3 is 15.1 Å². The predicted molar refractivity (Wildman–Crippen MR) is 73.0 cm³/mol. The van der Waals surface area contributed by atoms with Crippen LogP contribution in [-0.4, -0.2) is 63.2 Å². The summed E-state index contributed by atoms with van der Waals surface area (Å²) < 4.78 is 0. The van der Waals surface area contributed by atoms with Gasteiger partial charge in [-0.3, -0.25) is 0 Å². The first-order chi connectivity index (χ1) is 7.27. The molecule has 0 bridgehead atoms. The fourth-order valence-electron chi connectivity index (χ4n) is 1.66. The van der Waals surface area contributed by atoms with Gasteiger partial charge in [-0.2, -0.15) is 0 Å². The third-order valence-corrected chi connectivity index (χ3v) is 2.92. The van der Waals surface area contributed by atoms with E-state index in [1.807, 2.05) is 0 Å². The van der Waals surface area contributed by atoms with Crippen LogP contribution in [0.5, 0.6) is 0 Å². The minimum atomic E-state index is 0.322. The lowest BCUT2D eigenvalue weighted by Gasteiger charge is -2.35. The molecule has 3 nitrogen and oxygen atoms in total. The Balaban J connectivity index is 4.08. The maximum atomic E-state index is 3.59. The second kappa shape index (κ2) is 7.25. The molecule has 0 saturated carbocycles. The average Bonchev–Trinajstić information content (AvgIpc) is 2.12. The van der Waals surface area contributed by atoms with Crippen molar-refractivity contribution in [3.63, 3.8) is 0 Å². The van der Waals surface area contributed by atoms with Crippen LogP contribution in [0, 0.1) is 5.41 Å². The van der Waals surface area contributed by atoms with Crippen LogP contribution < -0.4 is 5.32 Å². The summed E-state index contributed by atoms with van der Waals surface area (Å²) in [6.45, 7) is 13.5. The van der Waals surface area contributed by atoms with Gasteiger partial charge in [0.25, 0.3) is 0 Å². The second-order valence-electron chi connectivity index (χ2n) is 6.04. The molecule has 1 unspecified atom stereocenters. The molecule has 0 aliphatic heterocycles. The average molecular weight is 229 g/mol. The SMILES string of the molecule is CCNC(CN(C)CCN(C)C)C(C)(C)C. The van der Waals surface area contributed by atoms with Crippen molar-refractivity contribution in [1.29, 1.82) is 0 Å². The Bertz CT molecular complexity index is 173. The van der Waals surface area contributed by atoms with Crippen LogP contribution in [-0.2, 0) is 0 Å². The highest BCUT2D eigenvalue weighted by atomic mass is 15.2. The van der Waals surface area contributed by atoms with E-state index in [-0.39, 0.29) is 0 Å². The molecule has 0 rings (SSSR count). The zero-order chi connectivity index (χ0) is 12.8. The molecule has 16 heavy (non-hydrogen) atoms. The molecular weight excluding hydrogens is 198 g/mol. The van der Waals surface area contributed by atoms with E-state index in [1.165, 1.54) is 0 Å². The first kappa shape index (κ1) is 15.9. The lowest BCUT2D eigenvalue weighted by molar-refractivity contribution is 0.187. The molecule has 0 aliphatic rings. The largest absolute Gasteiger partial charge is 0.312 e. The third-order valence-electron chi connectivity index (χ3n) is 2.92. The number of rotatable bonds is 7. The summed E-state index contributed by atoms with van der Waals surface area (Å²) in [6, 6.07) is 0.560. The maximum absolute atomic E-state index is 3.59. The van der Waals surface area contributed by atoms with Gasteiger partial charge in [0.05, 0.1) is 0 Å². The lowest BCUT2D eigenvalue weighted by atomic mass is 9.86. The van der Waals surface area contributed by atoms with Gasteiger partial charge in [-0.1, -0.05) is 27.7 Å².